The van der Waals surface area contributed by atoms with Crippen LogP contribution in [0.5, 0.6) is 5.75 Å². The van der Waals surface area contributed by atoms with Gasteiger partial charge in [0, 0.05) is 0 Å². The Bertz CT molecular complexity index is 494. The molecule has 1 unspecified atom stereocenters. The fraction of sp³-hybridized carbons (Fsp3) is 0.222. The van der Waals surface area contributed by atoms with Gasteiger partial charge in [-0.1, -0.05) is 0 Å². The van der Waals surface area contributed by atoms with E-state index < -0.39 is 5.85 Å². The average molecular weight is 247 g/mol. The molecular weight excluding hydrogens is 239 g/mol. The molecule has 0 radical (unpaired) electrons. The molecule has 1 heterocycles. The smallest absolute Gasteiger partial charge is 0.408 e. The first kappa shape index (κ1) is 10.7. The van der Waals surface area contributed by atoms with Crippen LogP contribution in [0.4, 0.5) is 8.78 Å². The molecule has 0 saturated heterocycles. The lowest BCUT2D eigenvalue weighted by Crippen LogP contribution is -2.14. The number of halogens is 2. The number of rotatable bonds is 2. The number of hydrogen-bond acceptors (Lipinski definition) is 3. The van der Waals surface area contributed by atoms with Gasteiger partial charge in [-0.25, -0.2) is 4.98 Å². The third kappa shape index (κ3) is 2.61. The standard InChI is InChI=1S/C9H8F2NOPS/c1-5-12-7-3-2-6(4-8(7)15-5)13-9(10,11)14/h2-4H,14H2,1H3. The Morgan fingerprint density at radius 1 is 1.47 bits per heavy atom. The molecule has 0 aliphatic heterocycles. The zero-order valence-corrected chi connectivity index (χ0v) is 9.80. The Labute approximate surface area is 91.5 Å². The number of aryl methyl sites for hydroxylation is 1. The van der Waals surface area contributed by atoms with E-state index in [2.05, 4.69) is 9.72 Å². The Hall–Kier alpha value is -0.800. The van der Waals surface area contributed by atoms with Crippen molar-refractivity contribution in [3.05, 3.63) is 23.2 Å². The molecule has 1 aromatic heterocycles. The van der Waals surface area contributed by atoms with Gasteiger partial charge < -0.3 is 4.74 Å². The van der Waals surface area contributed by atoms with E-state index in [4.69, 9.17) is 0 Å². The normalized spacial score (nSPS) is 12.0. The van der Waals surface area contributed by atoms with Crippen LogP contribution in [0.2, 0.25) is 0 Å². The van der Waals surface area contributed by atoms with E-state index in [0.29, 0.717) is 0 Å². The topological polar surface area (TPSA) is 22.1 Å². The number of benzene rings is 1. The first-order valence-corrected chi connectivity index (χ1v) is 5.56. The van der Waals surface area contributed by atoms with Crippen LogP contribution in [-0.4, -0.2) is 10.8 Å². The first-order valence-electron chi connectivity index (χ1n) is 4.17. The maximum atomic E-state index is 12.5. The van der Waals surface area contributed by atoms with Crippen LogP contribution < -0.4 is 4.74 Å². The second-order valence-corrected chi connectivity index (χ2v) is 4.93. The van der Waals surface area contributed by atoms with E-state index in [-0.39, 0.29) is 5.75 Å². The molecule has 0 aliphatic rings. The zero-order valence-electron chi connectivity index (χ0n) is 7.83. The van der Waals surface area contributed by atoms with Crippen molar-refractivity contribution in [2.24, 2.45) is 0 Å². The lowest BCUT2D eigenvalue weighted by Gasteiger charge is -2.12. The van der Waals surface area contributed by atoms with Crippen LogP contribution in [0, 0.1) is 6.92 Å². The number of hydrogen-bond donors (Lipinski definition) is 0. The van der Waals surface area contributed by atoms with Crippen molar-refractivity contribution in [2.75, 3.05) is 0 Å². The number of fused-ring (bicyclic) bond motifs is 1. The molecule has 1 atom stereocenters. The monoisotopic (exact) mass is 247 g/mol. The van der Waals surface area contributed by atoms with Gasteiger partial charge in [-0.15, -0.1) is 11.3 Å². The molecule has 0 spiro atoms. The SMILES string of the molecule is Cc1nc2ccc(OC(F)(F)P)cc2s1. The number of alkyl halides is 2. The number of nitrogens with zero attached hydrogens (tertiary/aromatic N) is 1. The molecule has 0 amide bonds. The molecule has 6 heteroatoms. The van der Waals surface area contributed by atoms with Crippen LogP contribution in [0.25, 0.3) is 10.2 Å². The highest BCUT2D eigenvalue weighted by atomic mass is 32.1. The van der Waals surface area contributed by atoms with Gasteiger partial charge in [-0.05, 0) is 34.4 Å². The summed E-state index contributed by atoms with van der Waals surface area (Å²) >= 11 is 1.45. The molecular formula is C9H8F2NOPS. The lowest BCUT2D eigenvalue weighted by molar-refractivity contribution is -0.0891. The van der Waals surface area contributed by atoms with Crippen molar-refractivity contribution in [3.8, 4) is 5.75 Å². The number of thiazole rings is 1. The summed E-state index contributed by atoms with van der Waals surface area (Å²) in [4.78, 5) is 4.22. The summed E-state index contributed by atoms with van der Waals surface area (Å²) in [6.45, 7) is 1.87. The van der Waals surface area contributed by atoms with Crippen LogP contribution in [0.15, 0.2) is 18.2 Å². The molecule has 0 aliphatic carbocycles. The largest absolute Gasteiger partial charge is 0.430 e. The predicted molar refractivity (Wildman–Crippen MR) is 59.6 cm³/mol. The summed E-state index contributed by atoms with van der Waals surface area (Å²) in [6.07, 6.45) is 0. The van der Waals surface area contributed by atoms with E-state index >= 15 is 0 Å². The fourth-order valence-corrected chi connectivity index (χ4v) is 2.23. The van der Waals surface area contributed by atoms with Crippen LogP contribution in [-0.2, 0) is 0 Å². The van der Waals surface area contributed by atoms with E-state index in [1.165, 1.54) is 26.6 Å². The van der Waals surface area contributed by atoms with Gasteiger partial charge in [0.2, 0.25) is 0 Å². The van der Waals surface area contributed by atoms with Crippen molar-refractivity contribution in [1.29, 1.82) is 0 Å². The second-order valence-electron chi connectivity index (χ2n) is 3.03. The zero-order chi connectivity index (χ0) is 11.1. The summed E-state index contributed by atoms with van der Waals surface area (Å²) in [7, 11) is 1.34. The van der Waals surface area contributed by atoms with Gasteiger partial charge >= 0.3 is 5.85 Å². The molecule has 2 aromatic rings. The van der Waals surface area contributed by atoms with Crippen LogP contribution in [0.3, 0.4) is 0 Å². The minimum Gasteiger partial charge on any atom is -0.430 e. The molecule has 80 valence electrons. The van der Waals surface area contributed by atoms with E-state index in [0.717, 1.165) is 15.2 Å². The molecule has 2 nitrogen and oxygen atoms in total. The van der Waals surface area contributed by atoms with Gasteiger partial charge in [-0.2, -0.15) is 8.78 Å². The van der Waals surface area contributed by atoms with Crippen molar-refractivity contribution >= 4 is 30.8 Å². The quantitative estimate of drug-likeness (QED) is 0.759. The average Bonchev–Trinajstić information content (AvgIpc) is 2.40. The number of aromatic nitrogens is 1. The summed E-state index contributed by atoms with van der Waals surface area (Å²) < 4.78 is 30.4. The molecule has 0 bridgehead atoms. The van der Waals surface area contributed by atoms with Gasteiger partial charge in [-0.3, -0.25) is 0 Å². The molecule has 0 saturated carbocycles. The van der Waals surface area contributed by atoms with Gasteiger partial charge in [0.15, 0.2) is 0 Å². The molecule has 0 fully saturated rings. The summed E-state index contributed by atoms with van der Waals surface area (Å²) in [6, 6.07) is 4.72. The Morgan fingerprint density at radius 2 is 2.20 bits per heavy atom. The van der Waals surface area contributed by atoms with E-state index in [1.54, 1.807) is 12.1 Å². The van der Waals surface area contributed by atoms with Gasteiger partial charge in [0.05, 0.1) is 15.2 Å². The third-order valence-electron chi connectivity index (χ3n) is 1.72. The van der Waals surface area contributed by atoms with Crippen molar-refractivity contribution < 1.29 is 13.5 Å². The predicted octanol–water partition coefficient (Wildman–Crippen LogP) is 3.41. The highest BCUT2D eigenvalue weighted by Crippen LogP contribution is 2.31. The minimum atomic E-state index is -3.23. The molecule has 1 aromatic carbocycles. The fourth-order valence-electron chi connectivity index (χ4n) is 1.24. The highest BCUT2D eigenvalue weighted by molar-refractivity contribution is 7.18. The Kier molecular flexibility index (Phi) is 2.61. The third-order valence-corrected chi connectivity index (χ3v) is 2.77. The van der Waals surface area contributed by atoms with Crippen molar-refractivity contribution in [2.45, 2.75) is 12.8 Å². The Morgan fingerprint density at radius 3 is 2.87 bits per heavy atom. The second kappa shape index (κ2) is 3.65. The summed E-state index contributed by atoms with van der Waals surface area (Å²) in [5.41, 5.74) is 0.803. The van der Waals surface area contributed by atoms with Crippen molar-refractivity contribution in [3.63, 3.8) is 0 Å². The maximum absolute atomic E-state index is 12.5. The first-order chi connectivity index (χ1) is 6.94. The Balaban J connectivity index is 2.38. The van der Waals surface area contributed by atoms with E-state index in [9.17, 15) is 8.78 Å². The molecule has 2 rings (SSSR count). The lowest BCUT2D eigenvalue weighted by atomic mass is 10.3. The number of ether oxygens (including phenoxy) is 1. The highest BCUT2D eigenvalue weighted by Gasteiger charge is 2.23. The van der Waals surface area contributed by atoms with Gasteiger partial charge in [0.25, 0.3) is 0 Å². The van der Waals surface area contributed by atoms with Crippen LogP contribution >= 0.6 is 20.6 Å². The van der Waals surface area contributed by atoms with Gasteiger partial charge in [0.1, 0.15) is 5.75 Å². The minimum absolute atomic E-state index is 0.145. The molecule has 15 heavy (non-hydrogen) atoms. The maximum Gasteiger partial charge on any atom is 0.408 e. The summed E-state index contributed by atoms with van der Waals surface area (Å²) in [5, 5.41) is 0.903. The summed E-state index contributed by atoms with van der Waals surface area (Å²) in [5.74, 6) is -3.08. The van der Waals surface area contributed by atoms with Crippen molar-refractivity contribution in [1.82, 2.24) is 4.98 Å². The molecule has 0 N–H and O–H groups in total. The van der Waals surface area contributed by atoms with Crippen LogP contribution in [0.1, 0.15) is 5.01 Å². The van der Waals surface area contributed by atoms with E-state index in [1.807, 2.05) is 6.92 Å².